The lowest BCUT2D eigenvalue weighted by atomic mass is 10.2. The van der Waals surface area contributed by atoms with Gasteiger partial charge < -0.3 is 5.32 Å². The number of aromatic nitrogens is 1. The number of aryl methyl sites for hydroxylation is 1. The van der Waals surface area contributed by atoms with Crippen LogP contribution in [0.1, 0.15) is 11.3 Å². The van der Waals surface area contributed by atoms with Gasteiger partial charge in [0.05, 0.1) is 0 Å². The van der Waals surface area contributed by atoms with Crippen molar-refractivity contribution in [1.29, 1.82) is 0 Å². The highest BCUT2D eigenvalue weighted by Gasteiger charge is 1.97. The molecule has 0 atom stereocenters. The van der Waals surface area contributed by atoms with Gasteiger partial charge >= 0.3 is 0 Å². The molecule has 2 rings (SSSR count). The highest BCUT2D eigenvalue weighted by Crippen LogP contribution is 2.16. The molecule has 1 amide bonds. The van der Waals surface area contributed by atoms with Crippen LogP contribution in [0.5, 0.6) is 0 Å². The number of pyridine rings is 1. The summed E-state index contributed by atoms with van der Waals surface area (Å²) in [5, 5.41) is 11.6. The second kappa shape index (κ2) is 8.04. The lowest BCUT2D eigenvalue weighted by Gasteiger charge is -2.06. The van der Waals surface area contributed by atoms with E-state index in [0.717, 1.165) is 22.8 Å². The van der Waals surface area contributed by atoms with Crippen molar-refractivity contribution in [3.05, 3.63) is 59.8 Å². The number of nitrogens with zero attached hydrogens (tertiary/aromatic N) is 1. The predicted molar refractivity (Wildman–Crippen MR) is 84.9 cm³/mol. The van der Waals surface area contributed by atoms with Gasteiger partial charge in [0.2, 0.25) is 0 Å². The number of amides is 1. The van der Waals surface area contributed by atoms with Crippen LogP contribution in [0.4, 0.5) is 11.5 Å². The SMILES string of the molecule is Cc1cccc(Nc2ccc(C=CC(=O)NO)cc2)n1.Cl. The van der Waals surface area contributed by atoms with E-state index in [1.807, 2.05) is 49.4 Å². The molecule has 21 heavy (non-hydrogen) atoms. The zero-order valence-corrected chi connectivity index (χ0v) is 12.2. The number of hydrogen-bond donors (Lipinski definition) is 3. The fourth-order valence-electron chi connectivity index (χ4n) is 1.65. The van der Waals surface area contributed by atoms with Gasteiger partial charge in [-0.05, 0) is 42.8 Å². The molecular formula is C15H16ClN3O2. The normalized spacial score (nSPS) is 10.0. The van der Waals surface area contributed by atoms with E-state index in [1.54, 1.807) is 6.08 Å². The lowest BCUT2D eigenvalue weighted by molar-refractivity contribution is -0.124. The Morgan fingerprint density at radius 1 is 1.19 bits per heavy atom. The van der Waals surface area contributed by atoms with E-state index >= 15 is 0 Å². The summed E-state index contributed by atoms with van der Waals surface area (Å²) in [6.07, 6.45) is 2.87. The van der Waals surface area contributed by atoms with E-state index < -0.39 is 5.91 Å². The van der Waals surface area contributed by atoms with Crippen molar-refractivity contribution >= 4 is 35.9 Å². The molecule has 6 heteroatoms. The molecule has 3 N–H and O–H groups in total. The minimum Gasteiger partial charge on any atom is -0.340 e. The number of hydroxylamine groups is 1. The molecule has 110 valence electrons. The second-order valence-corrected chi connectivity index (χ2v) is 4.22. The quantitative estimate of drug-likeness (QED) is 0.461. The standard InChI is InChI=1S/C15H15N3O2.ClH/c1-11-3-2-4-14(16-11)17-13-8-5-12(6-9-13)7-10-15(19)18-20;/h2-10,20H,1H3,(H,16,17)(H,18,19);1H. The maximum Gasteiger partial charge on any atom is 0.267 e. The van der Waals surface area contributed by atoms with Gasteiger partial charge in [-0.15, -0.1) is 12.4 Å². The maximum atomic E-state index is 10.9. The first-order valence-electron chi connectivity index (χ1n) is 6.10. The Hall–Kier alpha value is -2.37. The van der Waals surface area contributed by atoms with Crippen LogP contribution < -0.4 is 10.8 Å². The average Bonchev–Trinajstić information content (AvgIpc) is 2.46. The van der Waals surface area contributed by atoms with Crippen LogP contribution in [-0.4, -0.2) is 16.1 Å². The first-order chi connectivity index (χ1) is 9.67. The van der Waals surface area contributed by atoms with Gasteiger partial charge in [0.25, 0.3) is 5.91 Å². The van der Waals surface area contributed by atoms with E-state index in [2.05, 4.69) is 10.3 Å². The lowest BCUT2D eigenvalue weighted by Crippen LogP contribution is -2.14. The minimum absolute atomic E-state index is 0. The summed E-state index contributed by atoms with van der Waals surface area (Å²) in [6.45, 7) is 1.94. The number of halogens is 1. The fourth-order valence-corrected chi connectivity index (χ4v) is 1.65. The monoisotopic (exact) mass is 305 g/mol. The molecular weight excluding hydrogens is 290 g/mol. The van der Waals surface area contributed by atoms with Crippen molar-refractivity contribution < 1.29 is 10.0 Å². The highest BCUT2D eigenvalue weighted by molar-refractivity contribution is 5.90. The first-order valence-corrected chi connectivity index (χ1v) is 6.10. The van der Waals surface area contributed by atoms with Crippen LogP contribution in [0.2, 0.25) is 0 Å². The molecule has 1 heterocycles. The Balaban J connectivity index is 0.00000220. The largest absolute Gasteiger partial charge is 0.340 e. The molecule has 0 spiro atoms. The van der Waals surface area contributed by atoms with Crippen molar-refractivity contribution in [1.82, 2.24) is 10.5 Å². The van der Waals surface area contributed by atoms with Crippen LogP contribution in [-0.2, 0) is 4.79 Å². The summed E-state index contributed by atoms with van der Waals surface area (Å²) in [6, 6.07) is 13.3. The van der Waals surface area contributed by atoms with E-state index in [0.29, 0.717) is 0 Å². The third-order valence-corrected chi connectivity index (χ3v) is 2.61. The van der Waals surface area contributed by atoms with Gasteiger partial charge in [-0.3, -0.25) is 10.0 Å². The fraction of sp³-hybridized carbons (Fsp3) is 0.0667. The third kappa shape index (κ3) is 5.25. The summed E-state index contributed by atoms with van der Waals surface area (Å²) in [5.74, 6) is 0.226. The van der Waals surface area contributed by atoms with E-state index in [1.165, 1.54) is 11.6 Å². The summed E-state index contributed by atoms with van der Waals surface area (Å²) in [4.78, 5) is 15.2. The topological polar surface area (TPSA) is 74.2 Å². The number of carbonyl (C=O) groups excluding carboxylic acids is 1. The van der Waals surface area contributed by atoms with Crippen molar-refractivity contribution in [3.8, 4) is 0 Å². The molecule has 0 fully saturated rings. The number of benzene rings is 1. The van der Waals surface area contributed by atoms with E-state index in [-0.39, 0.29) is 12.4 Å². The molecule has 0 aliphatic heterocycles. The Labute approximate surface area is 129 Å². The number of hydrogen-bond acceptors (Lipinski definition) is 4. The van der Waals surface area contributed by atoms with Gasteiger partial charge in [-0.1, -0.05) is 18.2 Å². The molecule has 0 aliphatic carbocycles. The zero-order valence-electron chi connectivity index (χ0n) is 11.4. The second-order valence-electron chi connectivity index (χ2n) is 4.22. The maximum absolute atomic E-state index is 10.9. The Morgan fingerprint density at radius 3 is 2.52 bits per heavy atom. The molecule has 0 unspecified atom stereocenters. The van der Waals surface area contributed by atoms with Gasteiger partial charge in [0.15, 0.2) is 0 Å². The summed E-state index contributed by atoms with van der Waals surface area (Å²) < 4.78 is 0. The Morgan fingerprint density at radius 2 is 1.90 bits per heavy atom. The van der Waals surface area contributed by atoms with Crippen molar-refractivity contribution in [2.45, 2.75) is 6.92 Å². The molecule has 0 radical (unpaired) electrons. The Kier molecular flexibility index (Phi) is 6.39. The average molecular weight is 306 g/mol. The minimum atomic E-state index is -0.559. The summed E-state index contributed by atoms with van der Waals surface area (Å²) in [5.41, 5.74) is 4.25. The van der Waals surface area contributed by atoms with Crippen LogP contribution in [0.25, 0.3) is 6.08 Å². The third-order valence-electron chi connectivity index (χ3n) is 2.61. The molecule has 2 aromatic rings. The van der Waals surface area contributed by atoms with Gasteiger partial charge in [0.1, 0.15) is 5.82 Å². The predicted octanol–water partition coefficient (Wildman–Crippen LogP) is 3.07. The highest BCUT2D eigenvalue weighted by atomic mass is 35.5. The first kappa shape index (κ1) is 16.7. The molecule has 0 saturated heterocycles. The molecule has 0 saturated carbocycles. The number of anilines is 2. The number of carbonyl (C=O) groups is 1. The van der Waals surface area contributed by atoms with Gasteiger partial charge in [0, 0.05) is 17.5 Å². The Bertz CT molecular complexity index is 627. The van der Waals surface area contributed by atoms with Crippen molar-refractivity contribution in [2.75, 3.05) is 5.32 Å². The van der Waals surface area contributed by atoms with Crippen LogP contribution in [0, 0.1) is 6.92 Å². The smallest absolute Gasteiger partial charge is 0.267 e. The summed E-state index contributed by atoms with van der Waals surface area (Å²) >= 11 is 0. The van der Waals surface area contributed by atoms with Crippen LogP contribution in [0.3, 0.4) is 0 Å². The molecule has 1 aromatic heterocycles. The zero-order chi connectivity index (χ0) is 14.4. The number of rotatable bonds is 4. The van der Waals surface area contributed by atoms with Crippen molar-refractivity contribution in [3.63, 3.8) is 0 Å². The molecule has 1 aromatic carbocycles. The van der Waals surface area contributed by atoms with E-state index in [9.17, 15) is 4.79 Å². The number of nitrogens with one attached hydrogen (secondary N) is 2. The van der Waals surface area contributed by atoms with Gasteiger partial charge in [-0.25, -0.2) is 10.5 Å². The summed E-state index contributed by atoms with van der Waals surface area (Å²) in [7, 11) is 0. The van der Waals surface area contributed by atoms with Crippen LogP contribution >= 0.6 is 12.4 Å². The molecule has 0 bridgehead atoms. The molecule has 0 aliphatic rings. The van der Waals surface area contributed by atoms with Gasteiger partial charge in [-0.2, -0.15) is 0 Å². The van der Waals surface area contributed by atoms with E-state index in [4.69, 9.17) is 5.21 Å². The molecule has 5 nitrogen and oxygen atoms in total. The van der Waals surface area contributed by atoms with Crippen LogP contribution in [0.15, 0.2) is 48.5 Å². The van der Waals surface area contributed by atoms with Crippen molar-refractivity contribution in [2.24, 2.45) is 0 Å².